The number of aryl methyl sites for hydroxylation is 1. The highest BCUT2D eigenvalue weighted by Crippen LogP contribution is 2.46. The number of halogens is 4. The summed E-state index contributed by atoms with van der Waals surface area (Å²) in [6, 6.07) is 0.0100. The summed E-state index contributed by atoms with van der Waals surface area (Å²) < 4.78 is 57.1. The summed E-state index contributed by atoms with van der Waals surface area (Å²) in [5.74, 6) is 0.0910. The maximum atomic E-state index is 14.2. The van der Waals surface area contributed by atoms with E-state index in [0.29, 0.717) is 50.7 Å². The average molecular weight is 555 g/mol. The number of guanidine groups is 1. The Morgan fingerprint density at radius 1 is 1.10 bits per heavy atom. The number of carbonyl (C=O) groups is 1. The molecule has 7 atom stereocenters. The molecule has 3 saturated carbocycles. The Balaban J connectivity index is 1.35. The van der Waals surface area contributed by atoms with E-state index in [9.17, 15) is 22.4 Å². The zero-order chi connectivity index (χ0) is 28.1. The zero-order valence-corrected chi connectivity index (χ0v) is 23.2. The van der Waals surface area contributed by atoms with Crippen LogP contribution in [0.3, 0.4) is 0 Å². The molecule has 2 N–H and O–H groups in total. The summed E-state index contributed by atoms with van der Waals surface area (Å²) in [7, 11) is 3.36. The molecule has 0 aromatic carbocycles. The SMILES string of the molecule is CC1CC([C@@H](NC(=O)C2CC(CN3CCN(C)C3=N)CC(c3cn(C)nc3C(F)(F)F)C2)C2CC2)CCC1F. The lowest BCUT2D eigenvalue weighted by atomic mass is 9.71. The summed E-state index contributed by atoms with van der Waals surface area (Å²) in [6.07, 6.45) is 1.71. The van der Waals surface area contributed by atoms with Crippen LogP contribution in [0.25, 0.3) is 0 Å². The number of alkyl halides is 4. The monoisotopic (exact) mass is 554 g/mol. The molecule has 4 aliphatic rings. The molecule has 1 aromatic rings. The van der Waals surface area contributed by atoms with E-state index >= 15 is 0 Å². The highest BCUT2D eigenvalue weighted by atomic mass is 19.4. The summed E-state index contributed by atoms with van der Waals surface area (Å²) >= 11 is 0. The van der Waals surface area contributed by atoms with Crippen LogP contribution in [0.15, 0.2) is 6.20 Å². The van der Waals surface area contributed by atoms with Crippen LogP contribution in [0, 0.1) is 35.0 Å². The molecule has 1 saturated heterocycles. The lowest BCUT2D eigenvalue weighted by Crippen LogP contribution is -2.48. The van der Waals surface area contributed by atoms with Crippen molar-refractivity contribution < 1.29 is 22.4 Å². The van der Waals surface area contributed by atoms with Crippen LogP contribution in [0.5, 0.6) is 0 Å². The van der Waals surface area contributed by atoms with Crippen molar-refractivity contribution in [1.82, 2.24) is 24.9 Å². The largest absolute Gasteiger partial charge is 0.435 e. The Kier molecular flexibility index (Phi) is 7.90. The molecule has 0 spiro atoms. The average Bonchev–Trinajstić information content (AvgIpc) is 3.57. The van der Waals surface area contributed by atoms with E-state index in [-0.39, 0.29) is 35.3 Å². The van der Waals surface area contributed by atoms with Gasteiger partial charge in [0.05, 0.1) is 0 Å². The Morgan fingerprint density at radius 3 is 2.44 bits per heavy atom. The quantitative estimate of drug-likeness (QED) is 0.476. The maximum Gasteiger partial charge on any atom is 0.435 e. The van der Waals surface area contributed by atoms with Crippen molar-refractivity contribution in [3.63, 3.8) is 0 Å². The Bertz CT molecular complexity index is 1060. The van der Waals surface area contributed by atoms with Crippen LogP contribution in [-0.2, 0) is 18.0 Å². The third-order valence-electron chi connectivity index (χ3n) is 9.64. The van der Waals surface area contributed by atoms with Gasteiger partial charge in [-0.3, -0.25) is 14.9 Å². The van der Waals surface area contributed by atoms with Gasteiger partial charge in [-0.05, 0) is 81.0 Å². The van der Waals surface area contributed by atoms with E-state index < -0.39 is 29.9 Å². The van der Waals surface area contributed by atoms with E-state index in [1.54, 1.807) is 0 Å². The first-order valence-electron chi connectivity index (χ1n) is 14.5. The number of aromatic nitrogens is 2. The minimum absolute atomic E-state index is 0.0100. The van der Waals surface area contributed by atoms with Crippen LogP contribution in [0.4, 0.5) is 17.6 Å². The Labute approximate surface area is 228 Å². The summed E-state index contributed by atoms with van der Waals surface area (Å²) in [6.45, 7) is 3.93. The van der Waals surface area contributed by atoms with Gasteiger partial charge in [0.25, 0.3) is 0 Å². The number of nitrogens with one attached hydrogen (secondary N) is 2. The first-order valence-corrected chi connectivity index (χ1v) is 14.5. The van der Waals surface area contributed by atoms with E-state index in [4.69, 9.17) is 5.41 Å². The van der Waals surface area contributed by atoms with Gasteiger partial charge in [0.15, 0.2) is 11.7 Å². The lowest BCUT2D eigenvalue weighted by molar-refractivity contribution is -0.142. The van der Waals surface area contributed by atoms with Gasteiger partial charge in [0.2, 0.25) is 5.91 Å². The minimum Gasteiger partial charge on any atom is -0.353 e. The number of hydrogen-bond acceptors (Lipinski definition) is 3. The van der Waals surface area contributed by atoms with Gasteiger partial charge in [0.1, 0.15) is 6.17 Å². The van der Waals surface area contributed by atoms with Crippen molar-refractivity contribution in [3.05, 3.63) is 17.5 Å². The minimum atomic E-state index is -4.57. The molecule has 7 nitrogen and oxygen atoms in total. The molecule has 1 aromatic heterocycles. The summed E-state index contributed by atoms with van der Waals surface area (Å²) in [5, 5.41) is 15.5. The molecule has 39 heavy (non-hydrogen) atoms. The molecule has 0 bridgehead atoms. The number of carbonyl (C=O) groups excluding carboxylic acids is 1. The Hall–Kier alpha value is -2.33. The first-order chi connectivity index (χ1) is 18.4. The van der Waals surface area contributed by atoms with Gasteiger partial charge in [-0.2, -0.15) is 18.3 Å². The fourth-order valence-electron chi connectivity index (χ4n) is 7.38. The van der Waals surface area contributed by atoms with E-state index in [0.717, 1.165) is 32.2 Å². The van der Waals surface area contributed by atoms with E-state index in [1.807, 2.05) is 23.8 Å². The summed E-state index contributed by atoms with van der Waals surface area (Å²) in [4.78, 5) is 17.6. The highest BCUT2D eigenvalue weighted by Gasteiger charge is 2.45. The highest BCUT2D eigenvalue weighted by molar-refractivity contribution is 5.80. The van der Waals surface area contributed by atoms with Gasteiger partial charge in [-0.25, -0.2) is 4.39 Å². The molecule has 0 radical (unpaired) electrons. The van der Waals surface area contributed by atoms with Crippen molar-refractivity contribution >= 4 is 11.9 Å². The standard InChI is InChI=1S/C28H42F4N6O/c1-16-10-19(6-7-23(16)29)24(18-4-5-18)34-26(39)21-12-17(14-38-9-8-36(2)27(38)33)11-20(13-21)22-15-37(3)35-25(22)28(30,31)32/h15-21,23-24,33H,4-14H2,1-3H3,(H,34,39)/t16?,17?,19?,20?,21?,23?,24-/m0/s1. The predicted octanol–water partition coefficient (Wildman–Crippen LogP) is 4.79. The first kappa shape index (κ1) is 28.2. The third-order valence-corrected chi connectivity index (χ3v) is 9.64. The van der Waals surface area contributed by atoms with Gasteiger partial charge in [0, 0.05) is 57.4 Å². The molecule has 6 unspecified atom stereocenters. The fourth-order valence-corrected chi connectivity index (χ4v) is 7.38. The van der Waals surface area contributed by atoms with Crippen molar-refractivity contribution in [1.29, 1.82) is 5.41 Å². The van der Waals surface area contributed by atoms with Crippen LogP contribution >= 0.6 is 0 Å². The van der Waals surface area contributed by atoms with Gasteiger partial charge in [-0.15, -0.1) is 0 Å². The second-order valence-corrected chi connectivity index (χ2v) is 12.7. The third kappa shape index (κ3) is 6.21. The number of rotatable bonds is 7. The zero-order valence-electron chi connectivity index (χ0n) is 23.2. The molecule has 3 aliphatic carbocycles. The van der Waals surface area contributed by atoms with Crippen LogP contribution in [0.1, 0.15) is 75.5 Å². The fraction of sp³-hybridized carbons (Fsp3) is 0.821. The molecular formula is C28H42F4N6O. The van der Waals surface area contributed by atoms with Crippen molar-refractivity contribution in [2.75, 3.05) is 26.7 Å². The lowest BCUT2D eigenvalue weighted by Gasteiger charge is -2.39. The predicted molar refractivity (Wildman–Crippen MR) is 140 cm³/mol. The van der Waals surface area contributed by atoms with Crippen LogP contribution in [-0.4, -0.2) is 70.3 Å². The van der Waals surface area contributed by atoms with Gasteiger partial charge >= 0.3 is 6.18 Å². The number of hydrogen-bond donors (Lipinski definition) is 2. The number of nitrogens with zero attached hydrogens (tertiary/aromatic N) is 4. The smallest absolute Gasteiger partial charge is 0.353 e. The molecular weight excluding hydrogens is 512 g/mol. The number of amides is 1. The molecule has 4 fully saturated rings. The Morgan fingerprint density at radius 2 is 1.82 bits per heavy atom. The second-order valence-electron chi connectivity index (χ2n) is 12.7. The topological polar surface area (TPSA) is 77.3 Å². The van der Waals surface area contributed by atoms with E-state index in [2.05, 4.69) is 10.4 Å². The van der Waals surface area contributed by atoms with Crippen LogP contribution in [0.2, 0.25) is 0 Å². The maximum absolute atomic E-state index is 14.2. The van der Waals surface area contributed by atoms with Gasteiger partial charge in [-0.1, -0.05) is 6.92 Å². The second kappa shape index (κ2) is 10.9. The normalized spacial score (nSPS) is 32.9. The number of likely N-dealkylation sites (N-methyl/N-ethyl adjacent to an activating group) is 1. The van der Waals surface area contributed by atoms with E-state index in [1.165, 1.54) is 17.9 Å². The molecule has 218 valence electrons. The van der Waals surface area contributed by atoms with Gasteiger partial charge < -0.3 is 15.1 Å². The van der Waals surface area contributed by atoms with Crippen molar-refractivity contribution in [2.45, 2.75) is 82.6 Å². The molecule has 1 aliphatic heterocycles. The van der Waals surface area contributed by atoms with Crippen molar-refractivity contribution in [2.24, 2.45) is 36.6 Å². The summed E-state index contributed by atoms with van der Waals surface area (Å²) in [5.41, 5.74) is -0.703. The molecule has 2 heterocycles. The van der Waals surface area contributed by atoms with Crippen molar-refractivity contribution in [3.8, 4) is 0 Å². The molecule has 5 rings (SSSR count). The molecule has 1 amide bonds. The van der Waals surface area contributed by atoms with Crippen LogP contribution < -0.4 is 5.32 Å². The molecule has 11 heteroatoms.